The number of hydrogen-bond acceptors (Lipinski definition) is 2. The van der Waals surface area contributed by atoms with E-state index in [0.717, 1.165) is 24.2 Å². The Bertz CT molecular complexity index is 674. The Morgan fingerprint density at radius 3 is 2.50 bits per heavy atom. The third-order valence-corrected chi connectivity index (χ3v) is 10.7. The maximum Gasteiger partial charge on any atom is 0.126 e. The van der Waals surface area contributed by atoms with Crippen LogP contribution in [0.2, 0.25) is 0 Å². The lowest BCUT2D eigenvalue weighted by molar-refractivity contribution is -0.0816. The van der Waals surface area contributed by atoms with Crippen molar-refractivity contribution in [1.29, 1.82) is 0 Å². The Hall–Kier alpha value is -0.410. The average Bonchev–Trinajstić information content (AvgIpc) is 3.06. The molecule has 0 aliphatic heterocycles. The molecular weight excluding hydrogens is 375 g/mol. The Balaban J connectivity index is 1.54. The van der Waals surface area contributed by atoms with Gasteiger partial charge in [0.2, 0.25) is 0 Å². The zero-order valence-corrected chi connectivity index (χ0v) is 20.2. The molecule has 3 saturated carbocycles. The first-order valence-corrected chi connectivity index (χ1v) is 12.6. The fourth-order valence-corrected chi connectivity index (χ4v) is 8.66. The van der Waals surface area contributed by atoms with Crippen molar-refractivity contribution in [2.75, 3.05) is 7.11 Å². The number of alkyl halides is 1. The molecule has 0 spiro atoms. The minimum atomic E-state index is -1.09. The van der Waals surface area contributed by atoms with E-state index in [4.69, 9.17) is 4.74 Å². The van der Waals surface area contributed by atoms with E-state index in [2.05, 4.69) is 33.8 Å². The molecular formula is C27H45FO2. The monoisotopic (exact) mass is 420 g/mol. The summed E-state index contributed by atoms with van der Waals surface area (Å²) in [5.74, 6) is 3.32. The minimum absolute atomic E-state index is 0.0159. The summed E-state index contributed by atoms with van der Waals surface area (Å²) in [5, 5.41) is 9.67. The summed E-state index contributed by atoms with van der Waals surface area (Å²) in [5.41, 5.74) is 2.38. The van der Waals surface area contributed by atoms with Gasteiger partial charge in [0.05, 0.1) is 11.7 Å². The molecule has 30 heavy (non-hydrogen) atoms. The van der Waals surface area contributed by atoms with Gasteiger partial charge < -0.3 is 9.84 Å². The second-order valence-electron chi connectivity index (χ2n) is 12.3. The van der Waals surface area contributed by atoms with Gasteiger partial charge in [0.1, 0.15) is 6.17 Å². The number of hydrogen-bond donors (Lipinski definition) is 1. The van der Waals surface area contributed by atoms with Crippen molar-refractivity contribution in [2.24, 2.45) is 40.4 Å². The molecule has 10 unspecified atom stereocenters. The van der Waals surface area contributed by atoms with Crippen LogP contribution in [0.1, 0.15) is 92.4 Å². The first-order valence-electron chi connectivity index (χ1n) is 12.6. The highest BCUT2D eigenvalue weighted by molar-refractivity contribution is 5.27. The second kappa shape index (κ2) is 7.87. The number of halogens is 1. The van der Waals surface area contributed by atoms with Gasteiger partial charge >= 0.3 is 0 Å². The summed E-state index contributed by atoms with van der Waals surface area (Å²) in [4.78, 5) is 0. The first-order chi connectivity index (χ1) is 14.0. The molecule has 3 heteroatoms. The molecule has 3 fully saturated rings. The molecule has 0 heterocycles. The van der Waals surface area contributed by atoms with E-state index in [1.54, 1.807) is 12.5 Å². The van der Waals surface area contributed by atoms with Crippen molar-refractivity contribution in [1.82, 2.24) is 0 Å². The van der Waals surface area contributed by atoms with Gasteiger partial charge in [0, 0.05) is 7.11 Å². The number of rotatable bonds is 5. The summed E-state index contributed by atoms with van der Waals surface area (Å²) >= 11 is 0. The van der Waals surface area contributed by atoms with E-state index in [1.807, 2.05) is 7.11 Å². The number of ether oxygens (including phenoxy) is 1. The van der Waals surface area contributed by atoms with E-state index in [-0.39, 0.29) is 5.60 Å². The smallest absolute Gasteiger partial charge is 0.126 e. The van der Waals surface area contributed by atoms with Gasteiger partial charge in [-0.05, 0) is 112 Å². The number of fused-ring (bicyclic) bond motifs is 5. The van der Waals surface area contributed by atoms with Crippen LogP contribution in [0.3, 0.4) is 0 Å². The van der Waals surface area contributed by atoms with E-state index in [9.17, 15) is 9.50 Å². The van der Waals surface area contributed by atoms with Crippen molar-refractivity contribution in [3.8, 4) is 0 Å². The Labute approximate surface area is 184 Å². The highest BCUT2D eigenvalue weighted by atomic mass is 19.1. The molecule has 0 amide bonds. The average molecular weight is 421 g/mol. The van der Waals surface area contributed by atoms with Crippen LogP contribution in [0, 0.1) is 40.4 Å². The normalized spacial score (nSPS) is 48.7. The molecule has 0 radical (unpaired) electrons. The summed E-state index contributed by atoms with van der Waals surface area (Å²) in [7, 11) is 1.88. The Morgan fingerprint density at radius 1 is 1.10 bits per heavy atom. The van der Waals surface area contributed by atoms with Crippen LogP contribution < -0.4 is 0 Å². The van der Waals surface area contributed by atoms with Gasteiger partial charge in [0.15, 0.2) is 0 Å². The zero-order chi connectivity index (χ0) is 21.9. The van der Waals surface area contributed by atoms with Gasteiger partial charge in [-0.3, -0.25) is 0 Å². The predicted molar refractivity (Wildman–Crippen MR) is 121 cm³/mol. The highest BCUT2D eigenvalue weighted by Gasteiger charge is 2.59. The summed E-state index contributed by atoms with van der Waals surface area (Å²) in [6.07, 6.45) is 11.1. The van der Waals surface area contributed by atoms with Gasteiger partial charge in [-0.25, -0.2) is 4.39 Å². The topological polar surface area (TPSA) is 29.5 Å². The van der Waals surface area contributed by atoms with Crippen molar-refractivity contribution in [3.63, 3.8) is 0 Å². The lowest BCUT2D eigenvalue weighted by Gasteiger charge is -2.59. The van der Waals surface area contributed by atoms with Gasteiger partial charge in [-0.2, -0.15) is 0 Å². The maximum absolute atomic E-state index is 14.3. The zero-order valence-electron chi connectivity index (χ0n) is 20.2. The van der Waals surface area contributed by atoms with E-state index >= 15 is 0 Å². The summed E-state index contributed by atoms with van der Waals surface area (Å²) < 4.78 is 20.2. The van der Waals surface area contributed by atoms with Crippen molar-refractivity contribution in [2.45, 2.75) is 110 Å². The Morgan fingerprint density at radius 2 is 1.83 bits per heavy atom. The number of aliphatic hydroxyl groups is 1. The largest absolute Gasteiger partial charge is 0.390 e. The molecule has 2 nitrogen and oxygen atoms in total. The lowest BCUT2D eigenvalue weighted by atomic mass is 9.46. The predicted octanol–water partition coefficient (Wildman–Crippen LogP) is 6.72. The molecule has 4 aliphatic carbocycles. The fourth-order valence-electron chi connectivity index (χ4n) is 8.66. The van der Waals surface area contributed by atoms with Crippen LogP contribution in [0.25, 0.3) is 0 Å². The van der Waals surface area contributed by atoms with Crippen LogP contribution in [-0.4, -0.2) is 30.1 Å². The number of aliphatic hydroxyl groups excluding tert-OH is 1. The lowest BCUT2D eigenvalue weighted by Crippen LogP contribution is -2.52. The molecule has 172 valence electrons. The molecule has 1 N–H and O–H groups in total. The third kappa shape index (κ3) is 3.51. The van der Waals surface area contributed by atoms with E-state index in [0.29, 0.717) is 29.1 Å². The quantitative estimate of drug-likeness (QED) is 0.501. The molecule has 0 aromatic heterocycles. The van der Waals surface area contributed by atoms with E-state index in [1.165, 1.54) is 44.9 Å². The SMILES string of the molecule is COC1(C)CCC2(C)C(=CCC3C2CCC2(C)C(C(C)CC(F)C(C)O)CCC32)C1. The minimum Gasteiger partial charge on any atom is -0.390 e. The van der Waals surface area contributed by atoms with Crippen LogP contribution in [0.15, 0.2) is 11.6 Å². The van der Waals surface area contributed by atoms with Crippen molar-refractivity contribution < 1.29 is 14.2 Å². The van der Waals surface area contributed by atoms with Crippen molar-refractivity contribution >= 4 is 0 Å². The molecule has 0 bridgehead atoms. The molecule has 0 aromatic carbocycles. The molecule has 0 aromatic rings. The van der Waals surface area contributed by atoms with Crippen molar-refractivity contribution in [3.05, 3.63) is 11.6 Å². The molecule has 10 atom stereocenters. The second-order valence-corrected chi connectivity index (χ2v) is 12.3. The Kier molecular flexibility index (Phi) is 5.97. The molecule has 4 aliphatic rings. The van der Waals surface area contributed by atoms with Crippen LogP contribution in [0.4, 0.5) is 4.39 Å². The van der Waals surface area contributed by atoms with E-state index < -0.39 is 12.3 Å². The maximum atomic E-state index is 14.3. The third-order valence-electron chi connectivity index (χ3n) is 10.7. The van der Waals surface area contributed by atoms with Crippen LogP contribution in [0.5, 0.6) is 0 Å². The molecule has 0 saturated heterocycles. The molecule has 4 rings (SSSR count). The number of allylic oxidation sites excluding steroid dienone is 1. The van der Waals surface area contributed by atoms with Gasteiger partial charge in [-0.15, -0.1) is 0 Å². The first kappa shape index (κ1) is 22.8. The van der Waals surface area contributed by atoms with Gasteiger partial charge in [-0.1, -0.05) is 32.4 Å². The van der Waals surface area contributed by atoms with Crippen LogP contribution >= 0.6 is 0 Å². The van der Waals surface area contributed by atoms with Crippen LogP contribution in [-0.2, 0) is 4.74 Å². The summed E-state index contributed by atoms with van der Waals surface area (Å²) in [6, 6.07) is 0. The number of methoxy groups -OCH3 is 1. The fraction of sp³-hybridized carbons (Fsp3) is 0.926. The standard InChI is InChI=1S/C27H45FO2/c1-17(15-24(28)18(2)29)21-9-10-22-20-8-7-19-16-25(3,30-6)13-14-26(19,4)23(20)11-12-27(21,22)5/h7,17-18,20-24,29H,8-16H2,1-6H3. The highest BCUT2D eigenvalue weighted by Crippen LogP contribution is 2.67. The van der Waals surface area contributed by atoms with Gasteiger partial charge in [0.25, 0.3) is 0 Å². The summed E-state index contributed by atoms with van der Waals surface area (Å²) in [6.45, 7) is 11.2.